The van der Waals surface area contributed by atoms with E-state index in [1.807, 2.05) is 56.3 Å². The van der Waals surface area contributed by atoms with Gasteiger partial charge in [0.25, 0.3) is 0 Å². The molecule has 0 saturated carbocycles. The summed E-state index contributed by atoms with van der Waals surface area (Å²) in [6.07, 6.45) is 7.49. The summed E-state index contributed by atoms with van der Waals surface area (Å²) >= 11 is 0. The molecule has 1 aliphatic carbocycles. The smallest absolute Gasteiger partial charge is 0.305 e. The highest BCUT2D eigenvalue weighted by Gasteiger charge is 2.41. The molecule has 0 radical (unpaired) electrons. The maximum absolute atomic E-state index is 12.3. The Balaban J connectivity index is 1.40. The first-order chi connectivity index (χ1) is 24.1. The highest BCUT2D eigenvalue weighted by Crippen LogP contribution is 2.46. The third kappa shape index (κ3) is 5.78. The predicted octanol–water partition coefficient (Wildman–Crippen LogP) is 7.19. The van der Waals surface area contributed by atoms with Crippen LogP contribution in [-0.4, -0.2) is 53.1 Å². The van der Waals surface area contributed by atoms with Crippen LogP contribution in [-0.2, 0) is 20.9 Å². The molecule has 1 saturated heterocycles. The summed E-state index contributed by atoms with van der Waals surface area (Å²) in [5.74, 6) is 0.0129. The van der Waals surface area contributed by atoms with Gasteiger partial charge in [-0.05, 0) is 79.7 Å². The van der Waals surface area contributed by atoms with E-state index in [9.17, 15) is 15.0 Å². The van der Waals surface area contributed by atoms with Gasteiger partial charge in [-0.1, -0.05) is 44.2 Å². The topological polar surface area (TPSA) is 125 Å². The van der Waals surface area contributed by atoms with Crippen molar-refractivity contribution in [2.45, 2.75) is 73.0 Å². The number of ether oxygens (including phenoxy) is 2. The van der Waals surface area contributed by atoms with E-state index in [-0.39, 0.29) is 30.8 Å². The molecule has 1 aromatic carbocycles. The Kier molecular flexibility index (Phi) is 9.05. The minimum atomic E-state index is -0.612. The van der Waals surface area contributed by atoms with Gasteiger partial charge in [0.05, 0.1) is 54.5 Å². The van der Waals surface area contributed by atoms with Gasteiger partial charge in [-0.2, -0.15) is 0 Å². The number of aliphatic hydroxyl groups excluding tert-OH is 2. The van der Waals surface area contributed by atoms with Gasteiger partial charge in [0.15, 0.2) is 0 Å². The highest BCUT2D eigenvalue weighted by molar-refractivity contribution is 6.21. The Bertz CT molecular complexity index is 2030. The third-order valence-corrected chi connectivity index (χ3v) is 10.8. The van der Waals surface area contributed by atoms with Crippen LogP contribution in [0.25, 0.3) is 0 Å². The summed E-state index contributed by atoms with van der Waals surface area (Å²) in [4.78, 5) is 27.8. The van der Waals surface area contributed by atoms with E-state index in [1.54, 1.807) is 0 Å². The van der Waals surface area contributed by atoms with E-state index in [0.717, 1.165) is 90.9 Å². The molecule has 3 N–H and O–H groups in total. The molecule has 1 aromatic rings. The molecule has 0 aromatic heterocycles. The Morgan fingerprint density at radius 2 is 1.74 bits per heavy atom. The number of methoxy groups -OCH3 is 1. The van der Waals surface area contributed by atoms with E-state index in [4.69, 9.17) is 24.5 Å². The van der Waals surface area contributed by atoms with Crippen LogP contribution in [0.3, 0.4) is 0 Å². The van der Waals surface area contributed by atoms with Gasteiger partial charge >= 0.3 is 5.97 Å². The zero-order chi connectivity index (χ0) is 35.3. The molecule has 0 spiro atoms. The van der Waals surface area contributed by atoms with Crippen LogP contribution in [0.4, 0.5) is 0 Å². The fourth-order valence-electron chi connectivity index (χ4n) is 7.91. The summed E-state index contributed by atoms with van der Waals surface area (Å²) < 4.78 is 11.4. The number of nitrogens with one attached hydrogen (secondary N) is 1. The van der Waals surface area contributed by atoms with Crippen molar-refractivity contribution in [1.82, 2.24) is 5.32 Å². The lowest BCUT2D eigenvalue weighted by molar-refractivity contribution is -0.140. The molecule has 3 atom stereocenters. The van der Waals surface area contributed by atoms with Gasteiger partial charge in [-0.15, -0.1) is 0 Å². The Morgan fingerprint density at radius 3 is 2.46 bits per heavy atom. The molecule has 0 amide bonds. The number of nitrogens with zero attached hydrogens (tertiary/aromatic N) is 3. The van der Waals surface area contributed by atoms with Crippen molar-refractivity contribution in [3.05, 3.63) is 127 Å². The molecular weight excluding hydrogens is 628 g/mol. The first-order valence-corrected chi connectivity index (χ1v) is 17.4. The second kappa shape index (κ2) is 13.5. The highest BCUT2D eigenvalue weighted by atomic mass is 16.5. The number of aliphatic hydroxyl groups is 2. The van der Waals surface area contributed by atoms with E-state index >= 15 is 0 Å². The SMILES string of the molecule is CCC1=C(C)C2=NC1=CC1=C(C)C3=C(O)CC(=C4NC(=CC5=NC(=C2)C(C(CO)OCc2ccccc2)=C5C)[C@@H](C)[C@@H]4CCC(=O)OC)C3=N1. The van der Waals surface area contributed by atoms with Crippen LogP contribution in [0.2, 0.25) is 0 Å². The van der Waals surface area contributed by atoms with Crippen LogP contribution in [0.1, 0.15) is 65.9 Å². The average Bonchev–Trinajstić information content (AvgIpc) is 3.87. The summed E-state index contributed by atoms with van der Waals surface area (Å²) in [5, 5.41) is 25.8. The Morgan fingerprint density at radius 1 is 1.00 bits per heavy atom. The van der Waals surface area contributed by atoms with Gasteiger partial charge < -0.3 is 25.0 Å². The van der Waals surface area contributed by atoms with Gasteiger partial charge in [0.2, 0.25) is 0 Å². The molecule has 50 heavy (non-hydrogen) atoms. The molecule has 1 unspecified atom stereocenters. The number of hydrogen-bond donors (Lipinski definition) is 3. The number of benzene rings is 1. The molecule has 5 heterocycles. The van der Waals surface area contributed by atoms with Crippen molar-refractivity contribution in [2.75, 3.05) is 13.7 Å². The molecule has 9 nitrogen and oxygen atoms in total. The van der Waals surface area contributed by atoms with Crippen molar-refractivity contribution in [3.63, 3.8) is 0 Å². The van der Waals surface area contributed by atoms with E-state index in [2.05, 4.69) is 32.2 Å². The number of esters is 1. The summed E-state index contributed by atoms with van der Waals surface area (Å²) in [7, 11) is 1.41. The largest absolute Gasteiger partial charge is 0.511 e. The van der Waals surface area contributed by atoms with E-state index in [0.29, 0.717) is 30.9 Å². The third-order valence-electron chi connectivity index (χ3n) is 10.8. The molecule has 5 aliphatic heterocycles. The average molecular weight is 673 g/mol. The minimum absolute atomic E-state index is 0.00862. The summed E-state index contributed by atoms with van der Waals surface area (Å²) in [6, 6.07) is 9.94. The molecule has 9 heteroatoms. The normalized spacial score (nSPS) is 23.3. The number of fused-ring (bicyclic) bond motifs is 5. The number of aliphatic imine (C=N–C) groups is 3. The van der Waals surface area contributed by atoms with Crippen molar-refractivity contribution >= 4 is 23.1 Å². The maximum Gasteiger partial charge on any atom is 0.305 e. The predicted molar refractivity (Wildman–Crippen MR) is 195 cm³/mol. The second-order valence-corrected chi connectivity index (χ2v) is 13.6. The van der Waals surface area contributed by atoms with E-state index in [1.165, 1.54) is 7.11 Å². The fourth-order valence-corrected chi connectivity index (χ4v) is 7.91. The standard InChI is InChI=1S/C41H44N4O5/c1-7-26-21(2)29-18-34-38(36(19-46)50-20-25-11-9-8-10-12-25)23(4)31(43-34)16-30-22(3)27(13-14-37(48)49-6)40(44-30)28-15-35(47)39-24(5)32(45-41(28)39)17-33(26)42-29/h8-12,16-18,22,27,36,44,46-47H,7,13-15,19-20H2,1-6H3/t22-,27-,36?/m0/s1. The molecular formula is C41H44N4O5. The Hall–Kier alpha value is -4.86. The lowest BCUT2D eigenvalue weighted by Gasteiger charge is -2.19. The number of rotatable bonds is 9. The minimum Gasteiger partial charge on any atom is -0.511 e. The van der Waals surface area contributed by atoms with Crippen LogP contribution in [0, 0.1) is 11.8 Å². The van der Waals surface area contributed by atoms with E-state index < -0.39 is 6.10 Å². The van der Waals surface area contributed by atoms with Crippen LogP contribution in [0.15, 0.2) is 137 Å². The molecule has 6 aliphatic rings. The van der Waals surface area contributed by atoms with Gasteiger partial charge in [-0.3, -0.25) is 4.79 Å². The monoisotopic (exact) mass is 672 g/mol. The summed E-state index contributed by atoms with van der Waals surface area (Å²) in [5.41, 5.74) is 14.2. The number of carbonyl (C=O) groups is 1. The molecule has 7 rings (SSSR count). The molecule has 8 bridgehead atoms. The van der Waals surface area contributed by atoms with Crippen molar-refractivity contribution < 1.29 is 24.5 Å². The van der Waals surface area contributed by atoms with Gasteiger partial charge in [0.1, 0.15) is 11.9 Å². The van der Waals surface area contributed by atoms with Crippen molar-refractivity contribution in [1.29, 1.82) is 0 Å². The van der Waals surface area contributed by atoms with Crippen LogP contribution in [0.5, 0.6) is 0 Å². The molecule has 258 valence electrons. The maximum atomic E-state index is 12.3. The quantitative estimate of drug-likeness (QED) is 0.239. The zero-order valence-corrected chi connectivity index (χ0v) is 29.6. The summed E-state index contributed by atoms with van der Waals surface area (Å²) in [6.45, 7) is 10.5. The molecule has 1 fully saturated rings. The first-order valence-electron chi connectivity index (χ1n) is 17.4. The number of hydrogen-bond acceptors (Lipinski definition) is 9. The number of allylic oxidation sites excluding steroid dienone is 11. The number of carbonyl (C=O) groups excluding carboxylic acids is 1. The Labute approximate surface area is 293 Å². The van der Waals surface area contributed by atoms with Crippen LogP contribution < -0.4 is 5.32 Å². The zero-order valence-electron chi connectivity index (χ0n) is 29.6. The lowest BCUT2D eigenvalue weighted by atomic mass is 9.86. The fraction of sp³-hybridized carbons (Fsp3) is 0.366. The lowest BCUT2D eigenvalue weighted by Crippen LogP contribution is -2.22. The van der Waals surface area contributed by atoms with Crippen molar-refractivity contribution in [3.8, 4) is 0 Å². The van der Waals surface area contributed by atoms with Gasteiger partial charge in [0, 0.05) is 52.8 Å². The second-order valence-electron chi connectivity index (χ2n) is 13.6. The first kappa shape index (κ1) is 33.6. The van der Waals surface area contributed by atoms with Crippen LogP contribution >= 0.6 is 0 Å². The van der Waals surface area contributed by atoms with Gasteiger partial charge in [-0.25, -0.2) is 15.0 Å². The van der Waals surface area contributed by atoms with Crippen molar-refractivity contribution in [2.24, 2.45) is 26.8 Å².